The van der Waals surface area contributed by atoms with Crippen LogP contribution in [0.3, 0.4) is 0 Å². The molecular weight excluding hydrogens is 389 g/mol. The molecule has 3 rings (SSSR count). The third-order valence-electron chi connectivity index (χ3n) is 5.20. The molecule has 7 nitrogen and oxygen atoms in total. The molecule has 3 amide bonds. The predicted octanol–water partition coefficient (Wildman–Crippen LogP) is 1.97. The van der Waals surface area contributed by atoms with Crippen LogP contribution in [0.5, 0.6) is 0 Å². The maximum Gasteiger partial charge on any atom is 0.419 e. The van der Waals surface area contributed by atoms with E-state index in [0.717, 1.165) is 6.07 Å². The average molecular weight is 412 g/mol. The highest BCUT2D eigenvalue weighted by Gasteiger charge is 2.37. The number of piperidine rings is 1. The lowest BCUT2D eigenvalue weighted by molar-refractivity contribution is -0.139. The van der Waals surface area contributed by atoms with Gasteiger partial charge in [0.1, 0.15) is 5.82 Å². The number of halogens is 3. The third-order valence-corrected chi connectivity index (χ3v) is 5.20. The molecule has 2 fully saturated rings. The number of carbonyl (C=O) groups excluding carboxylic acids is 3. The van der Waals surface area contributed by atoms with E-state index in [1.54, 1.807) is 0 Å². The van der Waals surface area contributed by atoms with Gasteiger partial charge in [0.05, 0.1) is 11.5 Å². The summed E-state index contributed by atoms with van der Waals surface area (Å²) in [6, 6.07) is 2.24. The van der Waals surface area contributed by atoms with Gasteiger partial charge in [0.15, 0.2) is 0 Å². The largest absolute Gasteiger partial charge is 0.419 e. The molecule has 1 N–H and O–H groups in total. The number of likely N-dealkylation sites (tertiary alicyclic amines) is 1. The van der Waals surface area contributed by atoms with Gasteiger partial charge in [0.25, 0.3) is 0 Å². The Morgan fingerprint density at radius 3 is 2.66 bits per heavy atom. The predicted molar refractivity (Wildman–Crippen MR) is 97.8 cm³/mol. The fourth-order valence-electron chi connectivity index (χ4n) is 3.72. The fraction of sp³-hybridized carbons (Fsp3) is 0.579. The highest BCUT2D eigenvalue weighted by molar-refractivity contribution is 6.01. The molecule has 29 heavy (non-hydrogen) atoms. The number of carbonyl (C=O) groups is 3. The Kier molecular flexibility index (Phi) is 6.39. The van der Waals surface area contributed by atoms with E-state index in [9.17, 15) is 27.6 Å². The molecule has 1 aromatic heterocycles. The summed E-state index contributed by atoms with van der Waals surface area (Å²) in [7, 11) is 0. The van der Waals surface area contributed by atoms with E-state index in [2.05, 4.69) is 10.3 Å². The molecule has 2 aliphatic heterocycles. The van der Waals surface area contributed by atoms with Crippen LogP contribution in [0.4, 0.5) is 19.0 Å². The van der Waals surface area contributed by atoms with Gasteiger partial charge in [0.2, 0.25) is 17.7 Å². The summed E-state index contributed by atoms with van der Waals surface area (Å²) in [6.45, 7) is 1.12. The van der Waals surface area contributed by atoms with E-state index in [1.165, 1.54) is 22.1 Å². The minimum absolute atomic E-state index is 0.149. The van der Waals surface area contributed by atoms with Crippen molar-refractivity contribution >= 4 is 23.5 Å². The summed E-state index contributed by atoms with van der Waals surface area (Å²) in [6.07, 6.45) is -1.12. The molecular formula is C19H23F3N4O3. The second-order valence-corrected chi connectivity index (χ2v) is 7.24. The molecule has 0 spiro atoms. The van der Waals surface area contributed by atoms with Gasteiger partial charge in [-0.05, 0) is 31.4 Å². The molecule has 2 saturated heterocycles. The summed E-state index contributed by atoms with van der Waals surface area (Å²) in [4.78, 5) is 42.2. The Bertz CT molecular complexity index is 768. The first kappa shape index (κ1) is 21.1. The number of amides is 3. The van der Waals surface area contributed by atoms with Crippen LogP contribution in [-0.2, 0) is 20.6 Å². The Morgan fingerprint density at radius 1 is 1.24 bits per heavy atom. The Morgan fingerprint density at radius 2 is 1.97 bits per heavy atom. The molecule has 1 unspecified atom stereocenters. The molecule has 0 radical (unpaired) electrons. The molecule has 0 saturated carbocycles. The van der Waals surface area contributed by atoms with Gasteiger partial charge in [-0.1, -0.05) is 0 Å². The lowest BCUT2D eigenvalue weighted by Crippen LogP contribution is -2.44. The standard InChI is InChI=1S/C19H23F3N4O3/c20-19(21,22)14-5-1-8-23-17(14)25-10-2-4-13(12-25)18(29)24-9-3-11-26-15(27)6-7-16(26)28/h1,5,8,13H,2-4,6-7,9-12H2,(H,24,29). The van der Waals surface area contributed by atoms with Gasteiger partial charge >= 0.3 is 6.18 Å². The summed E-state index contributed by atoms with van der Waals surface area (Å²) in [5, 5.41) is 2.77. The van der Waals surface area contributed by atoms with Gasteiger partial charge in [-0.3, -0.25) is 19.3 Å². The van der Waals surface area contributed by atoms with Crippen molar-refractivity contribution in [3.05, 3.63) is 23.9 Å². The number of anilines is 1. The van der Waals surface area contributed by atoms with Crippen LogP contribution in [0.25, 0.3) is 0 Å². The second kappa shape index (κ2) is 8.79. The zero-order valence-corrected chi connectivity index (χ0v) is 15.9. The molecule has 0 bridgehead atoms. The molecule has 158 valence electrons. The van der Waals surface area contributed by atoms with Gasteiger partial charge < -0.3 is 10.2 Å². The number of nitrogens with one attached hydrogen (secondary N) is 1. The highest BCUT2D eigenvalue weighted by atomic mass is 19.4. The average Bonchev–Trinajstić information content (AvgIpc) is 3.02. The number of aromatic nitrogens is 1. The maximum atomic E-state index is 13.2. The van der Waals surface area contributed by atoms with Crippen molar-refractivity contribution in [3.63, 3.8) is 0 Å². The third kappa shape index (κ3) is 5.04. The van der Waals surface area contributed by atoms with Crippen LogP contribution >= 0.6 is 0 Å². The van der Waals surface area contributed by atoms with E-state index in [1.807, 2.05) is 0 Å². The Labute approximate surface area is 166 Å². The minimum Gasteiger partial charge on any atom is -0.356 e. The zero-order valence-electron chi connectivity index (χ0n) is 15.9. The van der Waals surface area contributed by atoms with Gasteiger partial charge in [-0.2, -0.15) is 13.2 Å². The lowest BCUT2D eigenvalue weighted by Gasteiger charge is -2.34. The van der Waals surface area contributed by atoms with E-state index < -0.39 is 17.7 Å². The van der Waals surface area contributed by atoms with Crippen LogP contribution in [0.1, 0.15) is 37.7 Å². The van der Waals surface area contributed by atoms with Crippen molar-refractivity contribution in [2.75, 3.05) is 31.1 Å². The Hall–Kier alpha value is -2.65. The van der Waals surface area contributed by atoms with Crippen molar-refractivity contribution in [1.82, 2.24) is 15.2 Å². The van der Waals surface area contributed by atoms with E-state index >= 15 is 0 Å². The molecule has 1 aromatic rings. The van der Waals surface area contributed by atoms with Crippen LogP contribution in [0, 0.1) is 5.92 Å². The molecule has 2 aliphatic rings. The van der Waals surface area contributed by atoms with E-state index in [0.29, 0.717) is 32.4 Å². The lowest BCUT2D eigenvalue weighted by atomic mass is 9.96. The summed E-state index contributed by atoms with van der Waals surface area (Å²) in [5.74, 6) is -1.22. The minimum atomic E-state index is -4.51. The molecule has 3 heterocycles. The smallest absolute Gasteiger partial charge is 0.356 e. The number of pyridine rings is 1. The number of rotatable bonds is 6. The van der Waals surface area contributed by atoms with Crippen molar-refractivity contribution in [3.8, 4) is 0 Å². The number of imide groups is 1. The topological polar surface area (TPSA) is 82.6 Å². The van der Waals surface area contributed by atoms with E-state index in [-0.39, 0.29) is 49.5 Å². The maximum absolute atomic E-state index is 13.2. The molecule has 10 heteroatoms. The number of nitrogens with zero attached hydrogens (tertiary/aromatic N) is 3. The fourth-order valence-corrected chi connectivity index (χ4v) is 3.72. The summed E-state index contributed by atoms with van der Waals surface area (Å²) < 4.78 is 39.7. The number of hydrogen-bond acceptors (Lipinski definition) is 5. The van der Waals surface area contributed by atoms with Crippen molar-refractivity contribution in [2.45, 2.75) is 38.3 Å². The number of alkyl halides is 3. The van der Waals surface area contributed by atoms with Crippen LogP contribution in [0.2, 0.25) is 0 Å². The molecule has 0 aromatic carbocycles. The first-order valence-corrected chi connectivity index (χ1v) is 9.65. The first-order chi connectivity index (χ1) is 13.8. The van der Waals surface area contributed by atoms with Gasteiger partial charge in [-0.15, -0.1) is 0 Å². The second-order valence-electron chi connectivity index (χ2n) is 7.24. The number of hydrogen-bond donors (Lipinski definition) is 1. The van der Waals surface area contributed by atoms with Crippen molar-refractivity contribution in [1.29, 1.82) is 0 Å². The first-order valence-electron chi connectivity index (χ1n) is 9.65. The quantitative estimate of drug-likeness (QED) is 0.571. The van der Waals surface area contributed by atoms with Crippen LogP contribution in [-0.4, -0.2) is 53.8 Å². The molecule has 0 aliphatic carbocycles. The van der Waals surface area contributed by atoms with Gasteiger partial charge in [0, 0.05) is 45.2 Å². The van der Waals surface area contributed by atoms with E-state index in [4.69, 9.17) is 0 Å². The Balaban J connectivity index is 1.52. The summed E-state index contributed by atoms with van der Waals surface area (Å²) in [5.41, 5.74) is -0.805. The van der Waals surface area contributed by atoms with Crippen LogP contribution in [0.15, 0.2) is 18.3 Å². The molecule has 1 atom stereocenters. The van der Waals surface area contributed by atoms with Crippen molar-refractivity contribution < 1.29 is 27.6 Å². The SMILES string of the molecule is O=C(NCCCN1C(=O)CCC1=O)C1CCCN(c2ncccc2C(F)(F)F)C1. The monoisotopic (exact) mass is 412 g/mol. The summed E-state index contributed by atoms with van der Waals surface area (Å²) >= 11 is 0. The van der Waals surface area contributed by atoms with Gasteiger partial charge in [-0.25, -0.2) is 4.98 Å². The zero-order chi connectivity index (χ0) is 21.0. The van der Waals surface area contributed by atoms with Crippen LogP contribution < -0.4 is 10.2 Å². The normalized spacial score (nSPS) is 20.3. The highest BCUT2D eigenvalue weighted by Crippen LogP contribution is 2.36. The van der Waals surface area contributed by atoms with Crippen molar-refractivity contribution in [2.24, 2.45) is 5.92 Å².